The van der Waals surface area contributed by atoms with Crippen LogP contribution >= 0.6 is 0 Å². The van der Waals surface area contributed by atoms with Crippen molar-refractivity contribution in [3.8, 4) is 17.2 Å². The van der Waals surface area contributed by atoms with Gasteiger partial charge in [0, 0.05) is 37.1 Å². The Hall–Kier alpha value is -4.00. The van der Waals surface area contributed by atoms with Crippen molar-refractivity contribution in [1.29, 1.82) is 0 Å². The molecule has 0 bridgehead atoms. The fraction of sp³-hybridized carbons (Fsp3) is 0.130. The van der Waals surface area contributed by atoms with Crippen molar-refractivity contribution in [1.82, 2.24) is 0 Å². The molecule has 3 aromatic carbocycles. The summed E-state index contributed by atoms with van der Waals surface area (Å²) in [6.45, 7) is 3.47. The monoisotopic (exact) mass is 406 g/mol. The number of hydrogen-bond acceptors (Lipinski definition) is 7. The first kappa shape index (κ1) is 20.7. The highest BCUT2D eigenvalue weighted by Gasteiger charge is 2.30. The first-order valence-electron chi connectivity index (χ1n) is 9.03. The molecule has 7 nitrogen and oxygen atoms in total. The molecule has 0 fully saturated rings. The van der Waals surface area contributed by atoms with Gasteiger partial charge >= 0.3 is 17.9 Å². The molecule has 3 aromatic rings. The van der Waals surface area contributed by atoms with Crippen LogP contribution in [0.25, 0.3) is 10.8 Å². The van der Waals surface area contributed by atoms with E-state index in [1.165, 1.54) is 6.92 Å². The van der Waals surface area contributed by atoms with Crippen LogP contribution in [0.5, 0.6) is 17.2 Å². The summed E-state index contributed by atoms with van der Waals surface area (Å²) in [7, 11) is 0. The second-order valence-electron chi connectivity index (χ2n) is 6.38. The fourth-order valence-corrected chi connectivity index (χ4v) is 3.04. The van der Waals surface area contributed by atoms with Gasteiger partial charge in [0.1, 0.15) is 0 Å². The minimum atomic E-state index is -0.745. The van der Waals surface area contributed by atoms with E-state index in [0.29, 0.717) is 16.3 Å². The molecule has 0 N–H and O–H groups in total. The van der Waals surface area contributed by atoms with Crippen LogP contribution in [0, 0.1) is 0 Å². The highest BCUT2D eigenvalue weighted by molar-refractivity contribution is 6.20. The number of hydrogen-bond donors (Lipinski definition) is 0. The molecular weight excluding hydrogens is 388 g/mol. The predicted molar refractivity (Wildman–Crippen MR) is 108 cm³/mol. The lowest BCUT2D eigenvalue weighted by molar-refractivity contribution is -0.135. The average Bonchev–Trinajstić information content (AvgIpc) is 2.70. The molecule has 0 saturated heterocycles. The van der Waals surface area contributed by atoms with Crippen molar-refractivity contribution in [2.75, 3.05) is 0 Å². The average molecular weight is 406 g/mol. The molecule has 0 aliphatic heterocycles. The zero-order valence-corrected chi connectivity index (χ0v) is 16.6. The van der Waals surface area contributed by atoms with E-state index in [9.17, 15) is 19.2 Å². The SMILES string of the molecule is CC(=O)Oc1c(OC(C)=O)c(C(=O)c2ccccc2)c2ccccc2c1OC(C)=O. The van der Waals surface area contributed by atoms with Crippen molar-refractivity contribution in [2.24, 2.45) is 0 Å². The Morgan fingerprint density at radius 2 is 1.03 bits per heavy atom. The number of carbonyl (C=O) groups is 4. The maximum Gasteiger partial charge on any atom is 0.308 e. The summed E-state index contributed by atoms with van der Waals surface area (Å²) >= 11 is 0. The normalized spacial score (nSPS) is 10.4. The molecule has 152 valence electrons. The van der Waals surface area contributed by atoms with Crippen LogP contribution in [-0.2, 0) is 14.4 Å². The summed E-state index contributed by atoms with van der Waals surface area (Å²) < 4.78 is 15.9. The molecule has 0 unspecified atom stereocenters. The highest BCUT2D eigenvalue weighted by atomic mass is 16.6. The summed E-state index contributed by atoms with van der Waals surface area (Å²) in [6.07, 6.45) is 0. The molecule has 30 heavy (non-hydrogen) atoms. The van der Waals surface area contributed by atoms with E-state index in [0.717, 1.165) is 13.8 Å². The minimum absolute atomic E-state index is 0.0131. The molecule has 3 rings (SSSR count). The van der Waals surface area contributed by atoms with E-state index in [-0.39, 0.29) is 22.8 Å². The van der Waals surface area contributed by atoms with Crippen LogP contribution in [-0.4, -0.2) is 23.7 Å². The number of ketones is 1. The smallest absolute Gasteiger partial charge is 0.308 e. The first-order valence-corrected chi connectivity index (χ1v) is 9.03. The Morgan fingerprint density at radius 3 is 1.60 bits per heavy atom. The van der Waals surface area contributed by atoms with E-state index in [4.69, 9.17) is 14.2 Å². The van der Waals surface area contributed by atoms with Crippen LogP contribution < -0.4 is 14.2 Å². The van der Waals surface area contributed by atoms with E-state index in [2.05, 4.69) is 0 Å². The van der Waals surface area contributed by atoms with Gasteiger partial charge in [-0.3, -0.25) is 19.2 Å². The lowest BCUT2D eigenvalue weighted by atomic mass is 9.94. The minimum Gasteiger partial charge on any atom is -0.422 e. The Morgan fingerprint density at radius 1 is 0.567 bits per heavy atom. The molecule has 0 aliphatic rings. The molecule has 0 aromatic heterocycles. The highest BCUT2D eigenvalue weighted by Crippen LogP contribution is 2.48. The lowest BCUT2D eigenvalue weighted by Gasteiger charge is -2.19. The van der Waals surface area contributed by atoms with Crippen LogP contribution in [0.3, 0.4) is 0 Å². The van der Waals surface area contributed by atoms with Gasteiger partial charge in [-0.05, 0) is 0 Å². The Bertz CT molecular complexity index is 1160. The zero-order valence-electron chi connectivity index (χ0n) is 16.6. The van der Waals surface area contributed by atoms with Crippen molar-refractivity contribution >= 4 is 34.5 Å². The van der Waals surface area contributed by atoms with Crippen LogP contribution in [0.4, 0.5) is 0 Å². The van der Waals surface area contributed by atoms with Gasteiger partial charge in [0.2, 0.25) is 5.75 Å². The molecule has 0 aliphatic carbocycles. The molecular formula is C23H18O7. The first-order chi connectivity index (χ1) is 14.3. The number of fused-ring (bicyclic) bond motifs is 1. The topological polar surface area (TPSA) is 96.0 Å². The number of esters is 3. The van der Waals surface area contributed by atoms with Gasteiger partial charge in [-0.25, -0.2) is 0 Å². The Labute approximate surface area is 172 Å². The van der Waals surface area contributed by atoms with E-state index in [1.54, 1.807) is 54.6 Å². The van der Waals surface area contributed by atoms with E-state index < -0.39 is 23.7 Å². The van der Waals surface area contributed by atoms with Crippen molar-refractivity contribution < 1.29 is 33.4 Å². The van der Waals surface area contributed by atoms with E-state index in [1.807, 2.05) is 0 Å². The molecule has 0 radical (unpaired) electrons. The molecule has 0 saturated carbocycles. The van der Waals surface area contributed by atoms with Gasteiger partial charge in [-0.15, -0.1) is 0 Å². The predicted octanol–water partition coefficient (Wildman–Crippen LogP) is 3.85. The summed E-state index contributed by atoms with van der Waals surface area (Å²) in [5, 5.41) is 0.717. The lowest BCUT2D eigenvalue weighted by Crippen LogP contribution is -2.15. The van der Waals surface area contributed by atoms with Gasteiger partial charge in [0.15, 0.2) is 17.3 Å². The van der Waals surface area contributed by atoms with Crippen LogP contribution in [0.1, 0.15) is 36.7 Å². The summed E-state index contributed by atoms with van der Waals surface area (Å²) in [6, 6.07) is 15.0. The third-order valence-corrected chi connectivity index (χ3v) is 4.08. The molecule has 0 heterocycles. The Kier molecular flexibility index (Phi) is 5.92. The molecule has 0 spiro atoms. The van der Waals surface area contributed by atoms with Gasteiger partial charge in [0.25, 0.3) is 0 Å². The standard InChI is InChI=1S/C23H18O7/c1-13(24)28-21-18-12-8-7-11-17(18)19(20(27)16-9-5-4-6-10-16)22(29-14(2)25)23(21)30-15(3)26/h4-12H,1-3H3. The number of benzene rings is 3. The summed E-state index contributed by atoms with van der Waals surface area (Å²) in [5.41, 5.74) is 0.351. The quantitative estimate of drug-likeness (QED) is 0.361. The summed E-state index contributed by atoms with van der Waals surface area (Å²) in [4.78, 5) is 48.8. The molecule has 7 heteroatoms. The maximum absolute atomic E-state index is 13.4. The molecule has 0 atom stereocenters. The summed E-state index contributed by atoms with van der Waals surface area (Å²) in [5.74, 6) is -3.34. The number of ether oxygens (including phenoxy) is 3. The largest absolute Gasteiger partial charge is 0.422 e. The van der Waals surface area contributed by atoms with Gasteiger partial charge in [-0.1, -0.05) is 54.6 Å². The van der Waals surface area contributed by atoms with E-state index >= 15 is 0 Å². The second kappa shape index (κ2) is 8.57. The fourth-order valence-electron chi connectivity index (χ4n) is 3.04. The third-order valence-electron chi connectivity index (χ3n) is 4.08. The van der Waals surface area contributed by atoms with Crippen molar-refractivity contribution in [2.45, 2.75) is 20.8 Å². The third kappa shape index (κ3) is 4.20. The van der Waals surface area contributed by atoms with Gasteiger partial charge in [-0.2, -0.15) is 0 Å². The van der Waals surface area contributed by atoms with Crippen LogP contribution in [0.2, 0.25) is 0 Å². The van der Waals surface area contributed by atoms with Crippen molar-refractivity contribution in [3.63, 3.8) is 0 Å². The van der Waals surface area contributed by atoms with Gasteiger partial charge in [0.05, 0.1) is 5.56 Å². The maximum atomic E-state index is 13.4. The Balaban J connectivity index is 2.46. The van der Waals surface area contributed by atoms with Gasteiger partial charge < -0.3 is 14.2 Å². The van der Waals surface area contributed by atoms with Crippen molar-refractivity contribution in [3.05, 3.63) is 65.7 Å². The number of rotatable bonds is 5. The zero-order chi connectivity index (χ0) is 21.8. The van der Waals surface area contributed by atoms with Crippen LogP contribution in [0.15, 0.2) is 54.6 Å². The second-order valence-corrected chi connectivity index (χ2v) is 6.38. The molecule has 0 amide bonds. The number of carbonyl (C=O) groups excluding carboxylic acids is 4.